The van der Waals surface area contributed by atoms with Gasteiger partial charge in [0.05, 0.1) is 0 Å². The van der Waals surface area contributed by atoms with Gasteiger partial charge < -0.3 is 10.1 Å². The lowest BCUT2D eigenvalue weighted by Crippen LogP contribution is -2.35. The Morgan fingerprint density at radius 1 is 1.38 bits per heavy atom. The van der Waals surface area contributed by atoms with Gasteiger partial charge in [-0.25, -0.2) is 18.1 Å². The monoisotopic (exact) mass is 315 g/mol. The quantitative estimate of drug-likeness (QED) is 0.727. The fourth-order valence-corrected chi connectivity index (χ4v) is 3.12. The zero-order valence-electron chi connectivity index (χ0n) is 13.1. The molecule has 0 atom stereocenters. The van der Waals surface area contributed by atoms with Crippen molar-refractivity contribution in [1.29, 1.82) is 0 Å². The predicted octanol–water partition coefficient (Wildman–Crippen LogP) is 1.85. The Morgan fingerprint density at radius 3 is 2.71 bits per heavy atom. The van der Waals surface area contributed by atoms with Crippen molar-refractivity contribution < 1.29 is 13.2 Å². The molecule has 0 aliphatic rings. The fraction of sp³-hybridized carbons (Fsp3) is 0.643. The number of rotatable bonds is 9. The molecule has 1 heterocycles. The molecule has 6 nitrogen and oxygen atoms in total. The molecule has 0 saturated heterocycles. The van der Waals surface area contributed by atoms with Crippen LogP contribution < -0.4 is 10.0 Å². The molecule has 7 heteroatoms. The summed E-state index contributed by atoms with van der Waals surface area (Å²) >= 11 is 0. The summed E-state index contributed by atoms with van der Waals surface area (Å²) in [5.74, 6) is 0.377. The van der Waals surface area contributed by atoms with Crippen molar-refractivity contribution in [2.24, 2.45) is 5.41 Å². The molecule has 1 aromatic heterocycles. The summed E-state index contributed by atoms with van der Waals surface area (Å²) < 4.78 is 32.6. The minimum absolute atomic E-state index is 0.175. The van der Waals surface area contributed by atoms with Crippen molar-refractivity contribution in [3.63, 3.8) is 0 Å². The molecular weight excluding hydrogens is 290 g/mol. The van der Waals surface area contributed by atoms with E-state index in [9.17, 15) is 8.42 Å². The van der Waals surface area contributed by atoms with Gasteiger partial charge in [0.15, 0.2) is 0 Å². The number of ether oxygens (including phenoxy) is 1. The molecule has 0 aliphatic carbocycles. The molecule has 0 fully saturated rings. The third kappa shape index (κ3) is 5.61. The molecule has 0 spiro atoms. The lowest BCUT2D eigenvalue weighted by molar-refractivity contribution is 0.153. The number of sulfonamides is 1. The van der Waals surface area contributed by atoms with Crippen LogP contribution in [0.2, 0.25) is 0 Å². The minimum atomic E-state index is -3.59. The molecule has 0 amide bonds. The zero-order chi connectivity index (χ0) is 15.9. The van der Waals surface area contributed by atoms with Crippen molar-refractivity contribution in [1.82, 2.24) is 9.71 Å². The maximum atomic E-state index is 12.4. The number of nitrogens with zero attached hydrogens (tertiary/aromatic N) is 1. The molecular formula is C14H25N3O3S. The first-order valence-electron chi connectivity index (χ1n) is 7.00. The number of pyridine rings is 1. The van der Waals surface area contributed by atoms with E-state index in [4.69, 9.17) is 4.74 Å². The second-order valence-electron chi connectivity index (χ2n) is 5.61. The van der Waals surface area contributed by atoms with Gasteiger partial charge in [0, 0.05) is 33.0 Å². The van der Waals surface area contributed by atoms with Crippen molar-refractivity contribution in [3.8, 4) is 0 Å². The third-order valence-corrected chi connectivity index (χ3v) is 4.56. The van der Waals surface area contributed by atoms with E-state index in [0.29, 0.717) is 25.5 Å². The standard InChI is InChI=1S/C14H25N3O3S/c1-5-15-13-12(7-6-9-16-13)21(18,19)17-11-14(2,3)8-10-20-4/h6-7,9,17H,5,8,10-11H2,1-4H3,(H,15,16). The normalized spacial score (nSPS) is 12.4. The SMILES string of the molecule is CCNc1ncccc1S(=O)(=O)NCC(C)(C)CCOC. The highest BCUT2D eigenvalue weighted by Gasteiger charge is 2.24. The van der Waals surface area contributed by atoms with Crippen LogP contribution in [0.15, 0.2) is 23.2 Å². The van der Waals surface area contributed by atoms with E-state index in [1.54, 1.807) is 25.4 Å². The number of methoxy groups -OCH3 is 1. The molecule has 1 rings (SSSR count). The van der Waals surface area contributed by atoms with E-state index in [2.05, 4.69) is 15.0 Å². The van der Waals surface area contributed by atoms with Crippen molar-refractivity contribution in [3.05, 3.63) is 18.3 Å². The van der Waals surface area contributed by atoms with E-state index >= 15 is 0 Å². The van der Waals surface area contributed by atoms with Gasteiger partial charge in [0.1, 0.15) is 10.7 Å². The maximum Gasteiger partial charge on any atom is 0.244 e. The second kappa shape index (κ2) is 7.72. The topological polar surface area (TPSA) is 80.3 Å². The molecule has 0 radical (unpaired) electrons. The molecule has 1 aromatic rings. The molecule has 0 aromatic carbocycles. The number of aromatic nitrogens is 1. The first kappa shape index (κ1) is 17.9. The third-order valence-electron chi connectivity index (χ3n) is 3.13. The summed E-state index contributed by atoms with van der Waals surface area (Å²) in [6.45, 7) is 7.46. The van der Waals surface area contributed by atoms with Crippen LogP contribution in [0.4, 0.5) is 5.82 Å². The van der Waals surface area contributed by atoms with Gasteiger partial charge in [-0.05, 0) is 30.9 Å². The van der Waals surface area contributed by atoms with Gasteiger partial charge in [0.2, 0.25) is 10.0 Å². The molecule has 120 valence electrons. The number of hydrogen-bond donors (Lipinski definition) is 2. The average Bonchev–Trinajstić information content (AvgIpc) is 2.44. The lowest BCUT2D eigenvalue weighted by atomic mass is 9.90. The fourth-order valence-electron chi connectivity index (χ4n) is 1.74. The molecule has 0 aliphatic heterocycles. The molecule has 21 heavy (non-hydrogen) atoms. The van der Waals surface area contributed by atoms with Gasteiger partial charge in [-0.2, -0.15) is 0 Å². The molecule has 0 bridgehead atoms. The molecule has 0 unspecified atom stereocenters. The smallest absolute Gasteiger partial charge is 0.244 e. The number of hydrogen-bond acceptors (Lipinski definition) is 5. The molecule has 0 saturated carbocycles. The van der Waals surface area contributed by atoms with Crippen LogP contribution in [0.5, 0.6) is 0 Å². The lowest BCUT2D eigenvalue weighted by Gasteiger charge is -2.24. The van der Waals surface area contributed by atoms with E-state index in [-0.39, 0.29) is 10.3 Å². The highest BCUT2D eigenvalue weighted by molar-refractivity contribution is 7.89. The van der Waals surface area contributed by atoms with Crippen LogP contribution in [0, 0.1) is 5.41 Å². The van der Waals surface area contributed by atoms with Crippen LogP contribution in [0.3, 0.4) is 0 Å². The number of anilines is 1. The first-order valence-corrected chi connectivity index (χ1v) is 8.48. The summed E-state index contributed by atoms with van der Waals surface area (Å²) in [6.07, 6.45) is 2.35. The van der Waals surface area contributed by atoms with E-state index in [1.807, 2.05) is 20.8 Å². The summed E-state index contributed by atoms with van der Waals surface area (Å²) in [6, 6.07) is 3.17. The van der Waals surface area contributed by atoms with E-state index in [1.165, 1.54) is 0 Å². The Hall–Kier alpha value is -1.18. The van der Waals surface area contributed by atoms with Crippen molar-refractivity contribution in [2.75, 3.05) is 32.1 Å². The van der Waals surface area contributed by atoms with Gasteiger partial charge in [-0.15, -0.1) is 0 Å². The Bertz CT molecular complexity index is 544. The maximum absolute atomic E-state index is 12.4. The van der Waals surface area contributed by atoms with E-state index < -0.39 is 10.0 Å². The second-order valence-corrected chi connectivity index (χ2v) is 7.35. The van der Waals surface area contributed by atoms with Gasteiger partial charge in [-0.3, -0.25) is 0 Å². The number of nitrogens with one attached hydrogen (secondary N) is 2. The highest BCUT2D eigenvalue weighted by Crippen LogP contribution is 2.22. The summed E-state index contributed by atoms with van der Waals surface area (Å²) in [4.78, 5) is 4.25. The largest absolute Gasteiger partial charge is 0.385 e. The summed E-state index contributed by atoms with van der Waals surface area (Å²) in [7, 11) is -1.95. The Balaban J connectivity index is 2.83. The van der Waals surface area contributed by atoms with Crippen molar-refractivity contribution in [2.45, 2.75) is 32.1 Å². The van der Waals surface area contributed by atoms with Gasteiger partial charge in [-0.1, -0.05) is 13.8 Å². The van der Waals surface area contributed by atoms with Crippen LogP contribution in [-0.2, 0) is 14.8 Å². The van der Waals surface area contributed by atoms with Crippen LogP contribution in [0.1, 0.15) is 27.2 Å². The van der Waals surface area contributed by atoms with Gasteiger partial charge in [0.25, 0.3) is 0 Å². The molecule has 2 N–H and O–H groups in total. The highest BCUT2D eigenvalue weighted by atomic mass is 32.2. The van der Waals surface area contributed by atoms with Crippen LogP contribution >= 0.6 is 0 Å². The predicted molar refractivity (Wildman–Crippen MR) is 83.9 cm³/mol. The Kier molecular flexibility index (Phi) is 6.57. The van der Waals surface area contributed by atoms with Crippen LogP contribution in [-0.4, -0.2) is 40.2 Å². The summed E-state index contributed by atoms with van der Waals surface area (Å²) in [5, 5.41) is 2.96. The van der Waals surface area contributed by atoms with Crippen molar-refractivity contribution >= 4 is 15.8 Å². The Labute approximate surface area is 127 Å². The zero-order valence-corrected chi connectivity index (χ0v) is 14.0. The van der Waals surface area contributed by atoms with Gasteiger partial charge >= 0.3 is 0 Å². The van der Waals surface area contributed by atoms with E-state index in [0.717, 1.165) is 6.42 Å². The average molecular weight is 315 g/mol. The van der Waals surface area contributed by atoms with Crippen LogP contribution in [0.25, 0.3) is 0 Å². The Morgan fingerprint density at radius 2 is 2.10 bits per heavy atom. The minimum Gasteiger partial charge on any atom is -0.385 e. The first-order chi connectivity index (χ1) is 9.82. The summed E-state index contributed by atoms with van der Waals surface area (Å²) in [5.41, 5.74) is -0.177.